The summed E-state index contributed by atoms with van der Waals surface area (Å²) in [6, 6.07) is 10.8. The number of carbonyl (C=O) groups excluding carboxylic acids is 2. The SMILES string of the molecule is COc1cc(C(C)=O)ccc1O[C@H](C)C(=O)Nc1ccc(SC(F)F)cc1. The number of halogens is 2. The minimum Gasteiger partial charge on any atom is -0.493 e. The van der Waals surface area contributed by atoms with Crippen LogP contribution in [0.1, 0.15) is 24.2 Å². The maximum Gasteiger partial charge on any atom is 0.288 e. The molecule has 0 unspecified atom stereocenters. The average Bonchev–Trinajstić information content (AvgIpc) is 2.62. The van der Waals surface area contributed by atoms with Gasteiger partial charge in [-0.15, -0.1) is 0 Å². The number of hydrogen-bond donors (Lipinski definition) is 1. The monoisotopic (exact) mass is 395 g/mol. The molecule has 2 rings (SSSR count). The molecule has 0 aliphatic heterocycles. The molecule has 5 nitrogen and oxygen atoms in total. The number of nitrogens with one attached hydrogen (secondary N) is 1. The number of benzene rings is 2. The van der Waals surface area contributed by atoms with E-state index in [-0.39, 0.29) is 5.78 Å². The van der Waals surface area contributed by atoms with Gasteiger partial charge in [0.05, 0.1) is 7.11 Å². The van der Waals surface area contributed by atoms with Crippen LogP contribution in [0.15, 0.2) is 47.4 Å². The van der Waals surface area contributed by atoms with Crippen LogP contribution in [-0.2, 0) is 4.79 Å². The second-order valence-corrected chi connectivity index (χ2v) is 6.64. The lowest BCUT2D eigenvalue weighted by Gasteiger charge is -2.17. The van der Waals surface area contributed by atoms with Gasteiger partial charge in [0.2, 0.25) is 0 Å². The Morgan fingerprint density at radius 1 is 1.07 bits per heavy atom. The van der Waals surface area contributed by atoms with E-state index in [4.69, 9.17) is 9.47 Å². The Kier molecular flexibility index (Phi) is 7.18. The maximum absolute atomic E-state index is 12.3. The summed E-state index contributed by atoms with van der Waals surface area (Å²) in [5.74, 6) is -2.35. The molecule has 2 aromatic rings. The zero-order chi connectivity index (χ0) is 20.0. The lowest BCUT2D eigenvalue weighted by molar-refractivity contribution is -0.122. The predicted molar refractivity (Wildman–Crippen MR) is 100 cm³/mol. The third-order valence-corrected chi connectivity index (χ3v) is 4.31. The molecule has 0 saturated carbocycles. The summed E-state index contributed by atoms with van der Waals surface area (Å²) < 4.78 is 35.5. The molecule has 0 aliphatic rings. The minimum absolute atomic E-state index is 0.112. The van der Waals surface area contributed by atoms with Gasteiger partial charge in [-0.25, -0.2) is 0 Å². The van der Waals surface area contributed by atoms with Crippen LogP contribution >= 0.6 is 11.8 Å². The van der Waals surface area contributed by atoms with Crippen molar-refractivity contribution in [3.05, 3.63) is 48.0 Å². The molecule has 0 radical (unpaired) electrons. The van der Waals surface area contributed by atoms with E-state index in [0.717, 1.165) is 0 Å². The molecule has 0 aliphatic carbocycles. The lowest BCUT2D eigenvalue weighted by atomic mass is 10.1. The molecule has 8 heteroatoms. The van der Waals surface area contributed by atoms with E-state index in [0.29, 0.717) is 39.4 Å². The first-order chi connectivity index (χ1) is 12.8. The Hall–Kier alpha value is -2.61. The molecule has 1 amide bonds. The largest absolute Gasteiger partial charge is 0.493 e. The van der Waals surface area contributed by atoms with Crippen LogP contribution in [0.25, 0.3) is 0 Å². The van der Waals surface area contributed by atoms with Gasteiger partial charge in [0.25, 0.3) is 11.7 Å². The van der Waals surface area contributed by atoms with Crippen LogP contribution in [0, 0.1) is 0 Å². The molecule has 1 atom stereocenters. The first-order valence-corrected chi connectivity index (χ1v) is 8.89. The number of alkyl halides is 2. The summed E-state index contributed by atoms with van der Waals surface area (Å²) >= 11 is 0.433. The number of carbonyl (C=O) groups is 2. The summed E-state index contributed by atoms with van der Waals surface area (Å²) in [7, 11) is 1.44. The zero-order valence-electron chi connectivity index (χ0n) is 15.0. The molecule has 0 saturated heterocycles. The molecule has 2 aromatic carbocycles. The highest BCUT2D eigenvalue weighted by Gasteiger charge is 2.18. The summed E-state index contributed by atoms with van der Waals surface area (Å²) in [4.78, 5) is 24.1. The predicted octanol–water partition coefficient (Wildman–Crippen LogP) is 4.62. The van der Waals surface area contributed by atoms with E-state index >= 15 is 0 Å². The molecule has 0 heterocycles. The van der Waals surface area contributed by atoms with Crippen LogP contribution in [0.5, 0.6) is 11.5 Å². The van der Waals surface area contributed by atoms with Gasteiger partial charge in [-0.3, -0.25) is 9.59 Å². The Morgan fingerprint density at radius 3 is 2.30 bits per heavy atom. The highest BCUT2D eigenvalue weighted by molar-refractivity contribution is 7.99. The van der Waals surface area contributed by atoms with E-state index in [9.17, 15) is 18.4 Å². The van der Waals surface area contributed by atoms with Crippen molar-refractivity contribution in [2.75, 3.05) is 12.4 Å². The molecule has 0 aromatic heterocycles. The van der Waals surface area contributed by atoms with Crippen LogP contribution in [0.3, 0.4) is 0 Å². The summed E-state index contributed by atoms with van der Waals surface area (Å²) in [5.41, 5.74) is 0.936. The molecule has 27 heavy (non-hydrogen) atoms. The smallest absolute Gasteiger partial charge is 0.288 e. The van der Waals surface area contributed by atoms with Crippen LogP contribution in [0.2, 0.25) is 0 Å². The molecule has 0 bridgehead atoms. The van der Waals surface area contributed by atoms with E-state index < -0.39 is 17.8 Å². The number of hydrogen-bond acceptors (Lipinski definition) is 5. The second-order valence-electron chi connectivity index (χ2n) is 5.57. The van der Waals surface area contributed by atoms with Crippen molar-refractivity contribution in [1.82, 2.24) is 0 Å². The highest BCUT2D eigenvalue weighted by Crippen LogP contribution is 2.30. The average molecular weight is 395 g/mol. The third kappa shape index (κ3) is 5.96. The van der Waals surface area contributed by atoms with Gasteiger partial charge in [-0.2, -0.15) is 8.78 Å². The van der Waals surface area contributed by atoms with Crippen molar-refractivity contribution in [1.29, 1.82) is 0 Å². The molecule has 0 spiro atoms. The van der Waals surface area contributed by atoms with E-state index in [2.05, 4.69) is 5.32 Å². The standard InChI is InChI=1S/C19H19F2NO4S/c1-11(23)13-4-9-16(17(10-13)25-3)26-12(2)18(24)22-14-5-7-15(8-6-14)27-19(20)21/h4-10,12,19H,1-3H3,(H,22,24)/t12-/m1/s1. The lowest BCUT2D eigenvalue weighted by Crippen LogP contribution is -2.30. The third-order valence-electron chi connectivity index (χ3n) is 3.59. The second kappa shape index (κ2) is 9.36. The normalized spacial score (nSPS) is 11.8. The van der Waals surface area contributed by atoms with Crippen molar-refractivity contribution in [3.63, 3.8) is 0 Å². The summed E-state index contributed by atoms with van der Waals surface area (Å²) in [6.07, 6.45) is -0.850. The van der Waals surface area contributed by atoms with Gasteiger partial charge in [0.1, 0.15) is 0 Å². The van der Waals surface area contributed by atoms with Crippen molar-refractivity contribution in [2.24, 2.45) is 0 Å². The Labute approximate surface area is 160 Å². The Balaban J connectivity index is 2.02. The van der Waals surface area contributed by atoms with Gasteiger partial charge >= 0.3 is 0 Å². The number of rotatable bonds is 8. The Morgan fingerprint density at radius 2 is 1.74 bits per heavy atom. The van der Waals surface area contributed by atoms with Crippen LogP contribution in [-0.4, -0.2) is 30.7 Å². The number of Topliss-reactive ketones (excluding diaryl/α,β-unsaturated/α-hetero) is 1. The Bertz CT molecular complexity index is 812. The van der Waals surface area contributed by atoms with Gasteiger partial charge in [0.15, 0.2) is 23.4 Å². The first-order valence-electron chi connectivity index (χ1n) is 8.01. The van der Waals surface area contributed by atoms with E-state index in [1.807, 2.05) is 0 Å². The molecule has 144 valence electrons. The zero-order valence-corrected chi connectivity index (χ0v) is 15.8. The number of ketones is 1. The van der Waals surface area contributed by atoms with Gasteiger partial charge < -0.3 is 14.8 Å². The summed E-state index contributed by atoms with van der Waals surface area (Å²) in [5, 5.41) is 2.65. The number of thioether (sulfide) groups is 1. The highest BCUT2D eigenvalue weighted by atomic mass is 32.2. The van der Waals surface area contributed by atoms with E-state index in [1.165, 1.54) is 38.3 Å². The minimum atomic E-state index is -2.50. The van der Waals surface area contributed by atoms with Gasteiger partial charge in [-0.05, 0) is 56.3 Å². The molecule has 0 fully saturated rings. The maximum atomic E-state index is 12.3. The topological polar surface area (TPSA) is 64.6 Å². The van der Waals surface area contributed by atoms with Crippen LogP contribution < -0.4 is 14.8 Å². The molecular weight excluding hydrogens is 376 g/mol. The number of ether oxygens (including phenoxy) is 2. The van der Waals surface area contributed by atoms with Gasteiger partial charge in [0, 0.05) is 16.1 Å². The number of methoxy groups -OCH3 is 1. The summed E-state index contributed by atoms with van der Waals surface area (Å²) in [6.45, 7) is 3.01. The van der Waals surface area contributed by atoms with Crippen molar-refractivity contribution < 1.29 is 27.8 Å². The molecule has 1 N–H and O–H groups in total. The quantitative estimate of drug-likeness (QED) is 0.522. The number of amides is 1. The van der Waals surface area contributed by atoms with Crippen molar-refractivity contribution >= 4 is 29.1 Å². The fraction of sp³-hybridized carbons (Fsp3) is 0.263. The van der Waals surface area contributed by atoms with E-state index in [1.54, 1.807) is 25.1 Å². The molecular formula is C19H19F2NO4S. The van der Waals surface area contributed by atoms with Gasteiger partial charge in [-0.1, -0.05) is 11.8 Å². The first kappa shape index (κ1) is 20.7. The number of anilines is 1. The van der Waals surface area contributed by atoms with Crippen LogP contribution in [0.4, 0.5) is 14.5 Å². The fourth-order valence-corrected chi connectivity index (χ4v) is 2.69. The van der Waals surface area contributed by atoms with Crippen molar-refractivity contribution in [2.45, 2.75) is 30.6 Å². The fourth-order valence-electron chi connectivity index (χ4n) is 2.19. The van der Waals surface area contributed by atoms with Crippen molar-refractivity contribution in [3.8, 4) is 11.5 Å².